The van der Waals surface area contributed by atoms with Crippen molar-refractivity contribution in [3.8, 4) is 5.75 Å². The number of ether oxygens (including phenoxy) is 1. The van der Waals surface area contributed by atoms with Crippen LogP contribution in [0, 0.1) is 5.82 Å². The minimum absolute atomic E-state index is 0.128. The Kier molecular flexibility index (Phi) is 5.06. The van der Waals surface area contributed by atoms with Crippen molar-refractivity contribution in [3.63, 3.8) is 0 Å². The maximum absolute atomic E-state index is 13.9. The summed E-state index contributed by atoms with van der Waals surface area (Å²) >= 11 is 0. The average Bonchev–Trinajstić information content (AvgIpc) is 2.54. The molecule has 3 nitrogen and oxygen atoms in total. The monoisotopic (exact) mass is 326 g/mol. The van der Waals surface area contributed by atoms with Gasteiger partial charge in [0.05, 0.1) is 12.7 Å². The molecule has 0 aromatic heterocycles. The second-order valence-corrected chi connectivity index (χ2v) is 5.99. The van der Waals surface area contributed by atoms with E-state index in [1.165, 1.54) is 18.6 Å². The van der Waals surface area contributed by atoms with Crippen molar-refractivity contribution in [3.05, 3.63) is 64.5 Å². The van der Waals surface area contributed by atoms with Crippen molar-refractivity contribution in [2.24, 2.45) is 0 Å². The molecular weight excluding hydrogens is 307 g/mol. The number of benzene rings is 2. The number of halogens is 1. The first-order valence-electron chi connectivity index (χ1n) is 8.02. The van der Waals surface area contributed by atoms with Crippen molar-refractivity contribution in [1.82, 2.24) is 0 Å². The zero-order chi connectivity index (χ0) is 16.9. The van der Waals surface area contributed by atoms with Crippen molar-refractivity contribution in [1.29, 1.82) is 0 Å². The largest absolute Gasteiger partial charge is 0.507 e. The number of phenolic OH excluding ortho intramolecular Hbond substituents is 1. The van der Waals surface area contributed by atoms with Crippen LogP contribution in [0.4, 0.5) is 4.39 Å². The van der Waals surface area contributed by atoms with E-state index in [0.717, 1.165) is 18.4 Å². The molecule has 1 fully saturated rings. The molecular formula is C20H19FO3. The van der Waals surface area contributed by atoms with Gasteiger partial charge in [0.25, 0.3) is 0 Å². The Morgan fingerprint density at radius 2 is 1.92 bits per heavy atom. The highest BCUT2D eigenvalue weighted by atomic mass is 19.1. The van der Waals surface area contributed by atoms with Gasteiger partial charge in [-0.05, 0) is 43.0 Å². The Labute approximate surface area is 140 Å². The fourth-order valence-corrected chi connectivity index (χ4v) is 2.51. The summed E-state index contributed by atoms with van der Waals surface area (Å²) in [5.74, 6) is -0.344. The first kappa shape index (κ1) is 16.4. The van der Waals surface area contributed by atoms with Gasteiger partial charge in [0.2, 0.25) is 0 Å². The van der Waals surface area contributed by atoms with Crippen LogP contribution in [-0.4, -0.2) is 17.5 Å². The molecule has 3 rings (SSSR count). The van der Waals surface area contributed by atoms with E-state index in [2.05, 4.69) is 0 Å². The zero-order valence-corrected chi connectivity index (χ0v) is 13.2. The Balaban J connectivity index is 1.74. The highest BCUT2D eigenvalue weighted by molar-refractivity contribution is 5.77. The van der Waals surface area contributed by atoms with Crippen LogP contribution in [0.1, 0.15) is 46.3 Å². The highest BCUT2D eigenvalue weighted by Gasteiger charge is 2.17. The lowest BCUT2D eigenvalue weighted by atomic mass is 9.96. The Hall–Kier alpha value is -2.46. The molecule has 0 bridgehead atoms. The minimum Gasteiger partial charge on any atom is -0.507 e. The minimum atomic E-state index is -0.472. The average molecular weight is 326 g/mol. The summed E-state index contributed by atoms with van der Waals surface area (Å²) in [5, 5.41) is 9.97. The summed E-state index contributed by atoms with van der Waals surface area (Å²) in [6.45, 7) is 0.508. The summed E-state index contributed by atoms with van der Waals surface area (Å²) in [4.78, 5) is 10.6. The van der Waals surface area contributed by atoms with Gasteiger partial charge in [-0.3, -0.25) is 4.79 Å². The number of hydrogen-bond acceptors (Lipinski definition) is 3. The molecule has 0 spiro atoms. The van der Waals surface area contributed by atoms with Gasteiger partial charge >= 0.3 is 0 Å². The van der Waals surface area contributed by atoms with E-state index in [-0.39, 0.29) is 5.75 Å². The molecule has 2 aromatic carbocycles. The Morgan fingerprint density at radius 1 is 1.12 bits per heavy atom. The second-order valence-electron chi connectivity index (χ2n) is 5.99. The van der Waals surface area contributed by atoms with Crippen molar-refractivity contribution >= 4 is 18.4 Å². The number of rotatable bonds is 6. The van der Waals surface area contributed by atoms with E-state index in [1.807, 2.05) is 12.1 Å². The van der Waals surface area contributed by atoms with E-state index in [1.54, 1.807) is 24.3 Å². The first-order valence-corrected chi connectivity index (χ1v) is 8.02. The van der Waals surface area contributed by atoms with Crippen LogP contribution < -0.4 is 0 Å². The van der Waals surface area contributed by atoms with Gasteiger partial charge in [0, 0.05) is 16.7 Å². The number of carbonyl (C=O) groups excluding carboxylic acids is 1. The smallest absolute Gasteiger partial charge is 0.150 e. The quantitative estimate of drug-likeness (QED) is 0.624. The summed E-state index contributed by atoms with van der Waals surface area (Å²) in [5.41, 5.74) is 2.22. The molecule has 1 aliphatic rings. The van der Waals surface area contributed by atoms with E-state index < -0.39 is 5.82 Å². The highest BCUT2D eigenvalue weighted by Crippen LogP contribution is 2.25. The van der Waals surface area contributed by atoms with Crippen molar-refractivity contribution < 1.29 is 19.0 Å². The van der Waals surface area contributed by atoms with Gasteiger partial charge in [-0.15, -0.1) is 0 Å². The first-order chi connectivity index (χ1) is 11.7. The molecule has 0 saturated heterocycles. The van der Waals surface area contributed by atoms with Gasteiger partial charge in [0.1, 0.15) is 17.9 Å². The summed E-state index contributed by atoms with van der Waals surface area (Å²) in [6.07, 6.45) is 7.64. The molecule has 1 saturated carbocycles. The predicted octanol–water partition coefficient (Wildman–Crippen LogP) is 4.58. The normalized spacial score (nSPS) is 14.7. The number of hydrogen-bond donors (Lipinski definition) is 1. The van der Waals surface area contributed by atoms with Gasteiger partial charge in [-0.2, -0.15) is 0 Å². The predicted molar refractivity (Wildman–Crippen MR) is 91.3 cm³/mol. The maximum Gasteiger partial charge on any atom is 0.150 e. The molecule has 1 aliphatic carbocycles. The summed E-state index contributed by atoms with van der Waals surface area (Å²) in [7, 11) is 0. The Bertz CT molecular complexity index is 763. The van der Waals surface area contributed by atoms with Gasteiger partial charge < -0.3 is 9.84 Å². The van der Waals surface area contributed by atoms with E-state index in [9.17, 15) is 14.3 Å². The van der Waals surface area contributed by atoms with Crippen LogP contribution in [0.15, 0.2) is 36.4 Å². The zero-order valence-electron chi connectivity index (χ0n) is 13.2. The molecule has 0 aliphatic heterocycles. The van der Waals surface area contributed by atoms with Crippen LogP contribution >= 0.6 is 0 Å². The third-order valence-electron chi connectivity index (χ3n) is 4.23. The molecule has 0 heterocycles. The van der Waals surface area contributed by atoms with Gasteiger partial charge in [-0.25, -0.2) is 4.39 Å². The topological polar surface area (TPSA) is 46.5 Å². The number of aromatic hydroxyl groups is 1. The van der Waals surface area contributed by atoms with Crippen molar-refractivity contribution in [2.45, 2.75) is 32.0 Å². The molecule has 24 heavy (non-hydrogen) atoms. The maximum atomic E-state index is 13.9. The van der Waals surface area contributed by atoms with Crippen LogP contribution in [0.2, 0.25) is 0 Å². The number of phenols is 1. The third kappa shape index (κ3) is 3.89. The fraction of sp³-hybridized carbons (Fsp3) is 0.250. The molecule has 0 amide bonds. The third-order valence-corrected chi connectivity index (χ3v) is 4.23. The Morgan fingerprint density at radius 3 is 2.58 bits per heavy atom. The van der Waals surface area contributed by atoms with Crippen LogP contribution in [-0.2, 0) is 11.3 Å². The standard InChI is InChI=1S/C20H19FO3/c21-19-11-14(12-22)4-6-16(19)7-8-17-10-15(5-9-20(17)23)13-24-18-2-1-3-18/h4-12,18,23H,1-3,13H2/b8-7+. The van der Waals surface area contributed by atoms with E-state index in [0.29, 0.717) is 35.7 Å². The molecule has 0 atom stereocenters. The SMILES string of the molecule is O=Cc1ccc(/C=C/c2cc(COC3CCC3)ccc2O)c(F)c1. The van der Waals surface area contributed by atoms with E-state index >= 15 is 0 Å². The summed E-state index contributed by atoms with van der Waals surface area (Å²) in [6, 6.07) is 9.56. The fourth-order valence-electron chi connectivity index (χ4n) is 2.51. The molecule has 1 N–H and O–H groups in total. The molecule has 0 radical (unpaired) electrons. The summed E-state index contributed by atoms with van der Waals surface area (Å²) < 4.78 is 19.6. The van der Waals surface area contributed by atoms with Gasteiger partial charge in [-0.1, -0.05) is 30.4 Å². The van der Waals surface area contributed by atoms with E-state index in [4.69, 9.17) is 4.74 Å². The molecule has 2 aromatic rings. The van der Waals surface area contributed by atoms with Crippen LogP contribution in [0.3, 0.4) is 0 Å². The molecule has 124 valence electrons. The number of aldehydes is 1. The van der Waals surface area contributed by atoms with Crippen LogP contribution in [0.25, 0.3) is 12.2 Å². The van der Waals surface area contributed by atoms with Crippen LogP contribution in [0.5, 0.6) is 5.75 Å². The number of carbonyl (C=O) groups is 1. The molecule has 0 unspecified atom stereocenters. The lowest BCUT2D eigenvalue weighted by molar-refractivity contribution is -0.00867. The lowest BCUT2D eigenvalue weighted by Crippen LogP contribution is -2.21. The second kappa shape index (κ2) is 7.41. The molecule has 4 heteroatoms. The lowest BCUT2D eigenvalue weighted by Gasteiger charge is -2.25. The van der Waals surface area contributed by atoms with Gasteiger partial charge in [0.15, 0.2) is 0 Å². The van der Waals surface area contributed by atoms with Crippen molar-refractivity contribution in [2.75, 3.05) is 0 Å².